The number of nitrogens with zero attached hydrogens (tertiary/aromatic N) is 2. The van der Waals surface area contributed by atoms with E-state index in [0.29, 0.717) is 24.7 Å². The van der Waals surface area contributed by atoms with Gasteiger partial charge in [-0.25, -0.2) is 14.4 Å². The van der Waals surface area contributed by atoms with Crippen LogP contribution in [0.25, 0.3) is 0 Å². The molecule has 2 saturated carbocycles. The van der Waals surface area contributed by atoms with Crippen LogP contribution in [-0.4, -0.2) is 42.1 Å². The van der Waals surface area contributed by atoms with Gasteiger partial charge in [-0.2, -0.15) is 0 Å². The molecule has 23 heavy (non-hydrogen) atoms. The monoisotopic (exact) mass is 321 g/mol. The number of nitrogens with one attached hydrogen (secondary N) is 3. The van der Waals surface area contributed by atoms with Gasteiger partial charge in [-0.3, -0.25) is 10.1 Å². The number of fused-ring (bicyclic) bond motifs is 1. The van der Waals surface area contributed by atoms with Gasteiger partial charge in [0.2, 0.25) is 5.96 Å². The third-order valence-corrected chi connectivity index (χ3v) is 5.40. The van der Waals surface area contributed by atoms with Crippen molar-refractivity contribution in [2.24, 2.45) is 15.9 Å². The number of rotatable bonds is 2. The molecule has 7 heteroatoms. The molecule has 2 heterocycles. The van der Waals surface area contributed by atoms with Crippen LogP contribution in [0.1, 0.15) is 51.4 Å². The van der Waals surface area contributed by atoms with Gasteiger partial charge in [0.05, 0.1) is 0 Å². The number of amides is 1. The fourth-order valence-corrected chi connectivity index (χ4v) is 4.04. The van der Waals surface area contributed by atoms with Crippen LogP contribution in [0, 0.1) is 5.92 Å². The minimum Gasteiger partial charge on any atom is -0.359 e. The lowest BCUT2D eigenvalue weighted by Crippen LogP contribution is -2.58. The highest BCUT2D eigenvalue weighted by molar-refractivity contribution is 6.05. The van der Waals surface area contributed by atoms with Crippen molar-refractivity contribution in [3.63, 3.8) is 0 Å². The molecule has 0 radical (unpaired) electrons. The van der Waals surface area contributed by atoms with Crippen LogP contribution in [0.2, 0.25) is 0 Å². The molecule has 1 amide bonds. The molecular formula is C16H24FN5O. The second-order valence-electron chi connectivity index (χ2n) is 7.09. The van der Waals surface area contributed by atoms with Crippen LogP contribution in [0.5, 0.6) is 0 Å². The molecule has 2 aliphatic heterocycles. The number of aliphatic imine (C=N–C) groups is 2. The average Bonchev–Trinajstić information content (AvgIpc) is 3.18. The van der Waals surface area contributed by atoms with E-state index in [4.69, 9.17) is 0 Å². The van der Waals surface area contributed by atoms with Crippen LogP contribution >= 0.6 is 0 Å². The van der Waals surface area contributed by atoms with E-state index in [9.17, 15) is 9.18 Å². The van der Waals surface area contributed by atoms with Crippen LogP contribution in [-0.2, 0) is 4.79 Å². The van der Waals surface area contributed by atoms with Gasteiger partial charge in [0.15, 0.2) is 6.17 Å². The number of hydrogen-bond acceptors (Lipinski definition) is 5. The summed E-state index contributed by atoms with van der Waals surface area (Å²) in [4.78, 5) is 21.5. The van der Waals surface area contributed by atoms with E-state index < -0.39 is 6.17 Å². The number of amidine groups is 1. The van der Waals surface area contributed by atoms with Crippen molar-refractivity contribution >= 4 is 17.7 Å². The zero-order valence-electron chi connectivity index (χ0n) is 13.2. The predicted octanol–water partition coefficient (Wildman–Crippen LogP) is 1.23. The number of alkyl halides is 1. The fraction of sp³-hybridized carbons (Fsp3) is 0.812. The summed E-state index contributed by atoms with van der Waals surface area (Å²) in [6, 6.07) is -0.192. The van der Waals surface area contributed by atoms with Crippen molar-refractivity contribution < 1.29 is 9.18 Å². The quantitative estimate of drug-likeness (QED) is 0.716. The smallest absolute Gasteiger partial charge is 0.253 e. The van der Waals surface area contributed by atoms with E-state index in [0.717, 1.165) is 31.5 Å². The van der Waals surface area contributed by atoms with E-state index in [1.165, 1.54) is 12.8 Å². The lowest BCUT2D eigenvalue weighted by molar-refractivity contribution is -0.122. The average molecular weight is 321 g/mol. The van der Waals surface area contributed by atoms with Crippen LogP contribution < -0.4 is 16.0 Å². The first-order valence-electron chi connectivity index (χ1n) is 8.82. The zero-order valence-corrected chi connectivity index (χ0v) is 13.2. The summed E-state index contributed by atoms with van der Waals surface area (Å²) in [6.07, 6.45) is 6.44. The maximum atomic E-state index is 13.2. The first-order chi connectivity index (χ1) is 11.2. The molecule has 4 rings (SSSR count). The van der Waals surface area contributed by atoms with Crippen molar-refractivity contribution in [2.75, 3.05) is 0 Å². The summed E-state index contributed by atoms with van der Waals surface area (Å²) in [6.45, 7) is 0. The summed E-state index contributed by atoms with van der Waals surface area (Å²) >= 11 is 0. The van der Waals surface area contributed by atoms with Gasteiger partial charge in [0, 0.05) is 12.0 Å². The second kappa shape index (κ2) is 6.09. The molecule has 0 spiro atoms. The highest BCUT2D eigenvalue weighted by Gasteiger charge is 2.40. The summed E-state index contributed by atoms with van der Waals surface area (Å²) in [7, 11) is 0. The number of guanidine groups is 1. The molecule has 2 aliphatic carbocycles. The van der Waals surface area contributed by atoms with E-state index >= 15 is 0 Å². The Hall–Kier alpha value is -1.66. The van der Waals surface area contributed by atoms with Crippen molar-refractivity contribution in [3.05, 3.63) is 0 Å². The Labute approximate surface area is 135 Å². The standard InChI is InChI=1S/C16H24FN5O/c17-10-5-7-11(8-6-10)18-16-21-14-12(15(23)22-16)19-13(20-14)9-3-1-2-4-9/h9-12,14H,1-8H2,(H,19,20)(H2,18,21,22,23). The molecule has 126 valence electrons. The Morgan fingerprint density at radius 2 is 1.78 bits per heavy atom. The van der Waals surface area contributed by atoms with E-state index in [1.54, 1.807) is 0 Å². The molecule has 3 N–H and O–H groups in total. The zero-order chi connectivity index (χ0) is 15.8. The summed E-state index contributed by atoms with van der Waals surface area (Å²) in [5.41, 5.74) is 0. The lowest BCUT2D eigenvalue weighted by atomic mass is 9.94. The molecule has 0 aromatic heterocycles. The minimum absolute atomic E-state index is 0.0802. The van der Waals surface area contributed by atoms with Gasteiger partial charge in [0.25, 0.3) is 5.91 Å². The molecular weight excluding hydrogens is 297 g/mol. The number of hydrogen-bond donors (Lipinski definition) is 3. The first kappa shape index (κ1) is 14.9. The molecule has 0 bridgehead atoms. The van der Waals surface area contributed by atoms with Crippen molar-refractivity contribution in [1.29, 1.82) is 0 Å². The van der Waals surface area contributed by atoms with E-state index in [-0.39, 0.29) is 24.2 Å². The first-order valence-corrected chi connectivity index (χ1v) is 8.82. The van der Waals surface area contributed by atoms with Gasteiger partial charge in [-0.05, 0) is 38.5 Å². The fourth-order valence-electron chi connectivity index (χ4n) is 4.04. The van der Waals surface area contributed by atoms with Crippen LogP contribution in [0.15, 0.2) is 9.98 Å². The molecule has 0 aromatic carbocycles. The Balaban J connectivity index is 1.43. The Morgan fingerprint density at radius 1 is 1.04 bits per heavy atom. The van der Waals surface area contributed by atoms with Crippen molar-refractivity contribution in [2.45, 2.75) is 75.8 Å². The number of carbonyl (C=O) groups is 1. The SMILES string of the molecule is O=C1NC(NC2CCC(F)CC2)=NC2N=C(C3CCCC3)NC12. The normalized spacial score (nSPS) is 37.5. The highest BCUT2D eigenvalue weighted by Crippen LogP contribution is 2.28. The molecule has 0 aromatic rings. The minimum atomic E-state index is -0.682. The Morgan fingerprint density at radius 3 is 2.52 bits per heavy atom. The summed E-state index contributed by atoms with van der Waals surface area (Å²) < 4.78 is 13.2. The Kier molecular flexibility index (Phi) is 3.95. The second-order valence-corrected chi connectivity index (χ2v) is 7.09. The van der Waals surface area contributed by atoms with E-state index in [1.807, 2.05) is 0 Å². The summed E-state index contributed by atoms with van der Waals surface area (Å²) in [5, 5.41) is 9.36. The number of carbonyl (C=O) groups excluding carboxylic acids is 1. The van der Waals surface area contributed by atoms with Crippen LogP contribution in [0.3, 0.4) is 0 Å². The molecule has 2 fully saturated rings. The molecule has 0 saturated heterocycles. The predicted molar refractivity (Wildman–Crippen MR) is 86.0 cm³/mol. The molecule has 2 unspecified atom stereocenters. The maximum absolute atomic E-state index is 13.2. The van der Waals surface area contributed by atoms with Gasteiger partial charge < -0.3 is 10.6 Å². The van der Waals surface area contributed by atoms with Gasteiger partial charge in [-0.15, -0.1) is 0 Å². The van der Waals surface area contributed by atoms with Gasteiger partial charge in [-0.1, -0.05) is 12.8 Å². The third kappa shape index (κ3) is 3.05. The largest absolute Gasteiger partial charge is 0.359 e. The van der Waals surface area contributed by atoms with Crippen LogP contribution in [0.4, 0.5) is 4.39 Å². The van der Waals surface area contributed by atoms with Crippen molar-refractivity contribution in [1.82, 2.24) is 16.0 Å². The highest BCUT2D eigenvalue weighted by atomic mass is 19.1. The molecule has 2 atom stereocenters. The maximum Gasteiger partial charge on any atom is 0.253 e. The topological polar surface area (TPSA) is 77.9 Å². The Bertz CT molecular complexity index is 535. The van der Waals surface area contributed by atoms with Gasteiger partial charge in [0.1, 0.15) is 18.0 Å². The van der Waals surface area contributed by atoms with Crippen molar-refractivity contribution in [3.8, 4) is 0 Å². The number of halogens is 1. The third-order valence-electron chi connectivity index (χ3n) is 5.40. The lowest BCUT2D eigenvalue weighted by Gasteiger charge is -2.29. The van der Waals surface area contributed by atoms with E-state index in [2.05, 4.69) is 25.9 Å². The van der Waals surface area contributed by atoms with Gasteiger partial charge >= 0.3 is 0 Å². The molecule has 6 nitrogen and oxygen atoms in total. The molecule has 4 aliphatic rings. The summed E-state index contributed by atoms with van der Waals surface area (Å²) in [5.74, 6) is 1.83.